The van der Waals surface area contributed by atoms with E-state index in [-0.39, 0.29) is 41.6 Å². The zero-order chi connectivity index (χ0) is 3.41. The molecule has 0 radical (unpaired) electrons. The van der Waals surface area contributed by atoms with Gasteiger partial charge >= 0.3 is 29.6 Å². The van der Waals surface area contributed by atoms with Crippen molar-refractivity contribution in [1.29, 1.82) is 0 Å². The third-order valence-electron chi connectivity index (χ3n) is 0.0833. The van der Waals surface area contributed by atoms with Crippen LogP contribution in [0.2, 0.25) is 0 Å². The van der Waals surface area contributed by atoms with E-state index in [2.05, 4.69) is 5.73 Å². The molecule has 0 aromatic rings. The van der Waals surface area contributed by atoms with Crippen LogP contribution in [-0.2, 0) is 4.79 Å². The van der Waals surface area contributed by atoms with Gasteiger partial charge in [0, 0.05) is 0 Å². The second-order valence-corrected chi connectivity index (χ2v) is 0.348. The largest absolute Gasteiger partial charge is 1.00 e. The molecule has 0 aromatic heterocycles. The monoisotopic (exact) mass is 99.0 g/mol. The summed E-state index contributed by atoms with van der Waals surface area (Å²) in [7, 11) is 0. The molecule has 0 saturated carbocycles. The van der Waals surface area contributed by atoms with Gasteiger partial charge in [-0.1, -0.05) is 0 Å². The van der Waals surface area contributed by atoms with Crippen LogP contribution < -0.4 is 35.3 Å². The molecule has 4 heteroatoms. The van der Waals surface area contributed by atoms with Crippen molar-refractivity contribution in [2.75, 3.05) is 6.54 Å². The molecule has 0 amide bonds. The normalized spacial score (nSPS) is 4.17. The summed E-state index contributed by atoms with van der Waals surface area (Å²) in [5.41, 5.74) is 4.60. The molecule has 0 atom stereocenters. The fraction of sp³-hybridized carbons (Fsp3) is 0.500. The van der Waals surface area contributed by atoms with Crippen LogP contribution in [0.5, 0.6) is 0 Å². The van der Waals surface area contributed by atoms with E-state index in [4.69, 9.17) is 4.79 Å². The van der Waals surface area contributed by atoms with Crippen LogP contribution in [0.1, 0.15) is 0 Å². The smallest absolute Gasteiger partial charge is 0.541 e. The summed E-state index contributed by atoms with van der Waals surface area (Å²) in [6, 6.07) is 0. The van der Waals surface area contributed by atoms with Crippen LogP contribution >= 0.6 is 0 Å². The topological polar surface area (TPSA) is 74.6 Å². The molecule has 0 unspecified atom stereocenters. The molecule has 0 heterocycles. The standard InChI is InChI=1S/C2H4NO.Na.H2O/c3-1-2-4;;/h1,3H2;;1H2/q-1;+1;. The van der Waals surface area contributed by atoms with Crippen LogP contribution in [0.25, 0.3) is 0 Å². The first-order chi connectivity index (χ1) is 1.91. The van der Waals surface area contributed by atoms with Gasteiger partial charge in [0.1, 0.15) is 0 Å². The Hall–Kier alpha value is 0.590. The Balaban J connectivity index is -0.0000000450. The SMILES string of the molecule is NC[C-]=O.O.[Na+]. The molecule has 0 rings (SSSR count). The van der Waals surface area contributed by atoms with Crippen LogP contribution in [0.15, 0.2) is 0 Å². The van der Waals surface area contributed by atoms with Crippen molar-refractivity contribution in [3.63, 3.8) is 0 Å². The van der Waals surface area contributed by atoms with Crippen LogP contribution in [0.4, 0.5) is 0 Å². The summed E-state index contributed by atoms with van der Waals surface area (Å²) >= 11 is 0. The van der Waals surface area contributed by atoms with E-state index in [1.165, 1.54) is 6.29 Å². The van der Waals surface area contributed by atoms with Crippen molar-refractivity contribution in [3.8, 4) is 0 Å². The summed E-state index contributed by atoms with van der Waals surface area (Å²) in [5.74, 6) is 0. The molecular weight excluding hydrogens is 93.0 g/mol. The minimum Gasteiger partial charge on any atom is -0.541 e. The number of hydrogen-bond acceptors (Lipinski definition) is 2. The summed E-state index contributed by atoms with van der Waals surface area (Å²) < 4.78 is 0. The number of rotatable bonds is 1. The van der Waals surface area contributed by atoms with E-state index in [9.17, 15) is 0 Å². The van der Waals surface area contributed by atoms with Crippen molar-refractivity contribution >= 4 is 6.29 Å². The van der Waals surface area contributed by atoms with Gasteiger partial charge in [-0.3, -0.25) is 6.29 Å². The Morgan fingerprint density at radius 2 is 1.83 bits per heavy atom. The van der Waals surface area contributed by atoms with Crippen LogP contribution in [-0.4, -0.2) is 18.3 Å². The molecule has 0 aliphatic heterocycles. The molecule has 3 nitrogen and oxygen atoms in total. The molecule has 0 bridgehead atoms. The van der Waals surface area contributed by atoms with E-state index in [1.54, 1.807) is 0 Å². The molecule has 0 aromatic carbocycles. The second kappa shape index (κ2) is 17.6. The van der Waals surface area contributed by atoms with E-state index < -0.39 is 0 Å². The first kappa shape index (κ1) is 16.0. The fourth-order valence-corrected chi connectivity index (χ4v) is 0. The molecule has 0 aliphatic carbocycles. The zero-order valence-corrected chi connectivity index (χ0v) is 5.69. The van der Waals surface area contributed by atoms with Crippen molar-refractivity contribution in [2.24, 2.45) is 5.73 Å². The summed E-state index contributed by atoms with van der Waals surface area (Å²) in [6.45, 7) is 0.0139. The Labute approximate surface area is 58.5 Å². The molecule has 32 valence electrons. The third kappa shape index (κ3) is 23.4. The van der Waals surface area contributed by atoms with Gasteiger partial charge in [0.05, 0.1) is 0 Å². The van der Waals surface area contributed by atoms with Gasteiger partial charge in [0.25, 0.3) is 0 Å². The summed E-state index contributed by atoms with van der Waals surface area (Å²) in [6.07, 6.45) is 1.46. The van der Waals surface area contributed by atoms with Crippen molar-refractivity contribution in [3.05, 3.63) is 0 Å². The summed E-state index contributed by atoms with van der Waals surface area (Å²) in [4.78, 5) is 8.92. The molecule has 0 spiro atoms. The van der Waals surface area contributed by atoms with Crippen molar-refractivity contribution in [1.82, 2.24) is 0 Å². The number of hydrogen-bond donors (Lipinski definition) is 1. The predicted molar refractivity (Wildman–Crippen MR) is 18.4 cm³/mol. The maximum Gasteiger partial charge on any atom is 1.00 e. The first-order valence-electron chi connectivity index (χ1n) is 0.966. The fourth-order valence-electron chi connectivity index (χ4n) is 0. The van der Waals surface area contributed by atoms with Crippen LogP contribution in [0.3, 0.4) is 0 Å². The van der Waals surface area contributed by atoms with Gasteiger partial charge in [-0.15, -0.1) is 6.54 Å². The van der Waals surface area contributed by atoms with E-state index >= 15 is 0 Å². The maximum absolute atomic E-state index is 8.92. The first-order valence-corrected chi connectivity index (χ1v) is 0.966. The summed E-state index contributed by atoms with van der Waals surface area (Å²) in [5, 5.41) is 0. The Kier molecular flexibility index (Phi) is 46.8. The van der Waals surface area contributed by atoms with Crippen LogP contribution in [0, 0.1) is 0 Å². The average molecular weight is 99.1 g/mol. The van der Waals surface area contributed by atoms with E-state index in [0.29, 0.717) is 0 Å². The Bertz CT molecular complexity index is 25.5. The van der Waals surface area contributed by atoms with Gasteiger partial charge in [-0.2, -0.15) is 0 Å². The molecule has 6 heavy (non-hydrogen) atoms. The van der Waals surface area contributed by atoms with Gasteiger partial charge < -0.3 is 16.0 Å². The van der Waals surface area contributed by atoms with Crippen molar-refractivity contribution < 1.29 is 39.8 Å². The number of nitrogens with two attached hydrogens (primary N) is 1. The predicted octanol–water partition coefficient (Wildman–Crippen LogP) is -4.77. The molecular formula is C2H6NNaO2. The van der Waals surface area contributed by atoms with Crippen molar-refractivity contribution in [2.45, 2.75) is 0 Å². The molecule has 4 N–H and O–H groups in total. The van der Waals surface area contributed by atoms with E-state index in [1.807, 2.05) is 0 Å². The minimum atomic E-state index is 0. The van der Waals surface area contributed by atoms with E-state index in [0.717, 1.165) is 0 Å². The molecule has 0 fully saturated rings. The minimum absolute atomic E-state index is 0. The third-order valence-corrected chi connectivity index (χ3v) is 0.0833. The zero-order valence-electron chi connectivity index (χ0n) is 3.69. The average Bonchev–Trinajstić information content (AvgIpc) is 1.37. The van der Waals surface area contributed by atoms with Gasteiger partial charge in [-0.25, -0.2) is 0 Å². The van der Waals surface area contributed by atoms with Gasteiger partial charge in [0.2, 0.25) is 0 Å². The second-order valence-electron chi connectivity index (χ2n) is 0.348. The Morgan fingerprint density at radius 1 is 1.67 bits per heavy atom. The number of carbonyl (C=O) groups excluding carboxylic acids is 1. The van der Waals surface area contributed by atoms with Gasteiger partial charge in [-0.05, 0) is 0 Å². The van der Waals surface area contributed by atoms with Gasteiger partial charge in [0.15, 0.2) is 0 Å². The molecule has 0 aliphatic rings. The quantitative estimate of drug-likeness (QED) is 0.265. The maximum atomic E-state index is 8.92. The Morgan fingerprint density at radius 3 is 1.83 bits per heavy atom. The molecule has 0 saturated heterocycles.